The van der Waals surface area contributed by atoms with Crippen LogP contribution in [0.15, 0.2) is 120 Å². The van der Waals surface area contributed by atoms with Gasteiger partial charge in [-0.2, -0.15) is 0 Å². The maximum atomic E-state index is 15.5. The van der Waals surface area contributed by atoms with E-state index in [-0.39, 0.29) is 104 Å². The van der Waals surface area contributed by atoms with Gasteiger partial charge in [0.15, 0.2) is 0 Å². The number of fused-ring (bicyclic) bond motifs is 9. The Hall–Kier alpha value is -7.86. The number of nitrogens with zero attached hydrogens (tertiary/aromatic N) is 3. The van der Waals surface area contributed by atoms with E-state index < -0.39 is 33.4 Å². The van der Waals surface area contributed by atoms with E-state index in [0.29, 0.717) is 66.6 Å². The standard InChI is InChI=1S/C78H87N3O9/c1-40(2)70(41(3)4)88-49-25-28-52(46-19-13-14-20-46)67(31-49)79-73(82)61-34-55-56(35-62(61)74(79)83)58-37-64-66(78(87)81(76(64)85)69-33-51(90-72(44(9)10)45(11)12)27-30-54(69)48-23-17-18-24-48)39-60(58)59-38-65-63(36-57(55)59)75(84)80(77(65)86)68-32-50(89-71(42(5)6)43(7)8)26-29-53(68)47-21-15-16-22-47/h25-48,70-72H,13-24H2,1-12H3. The SMILES string of the molecule is CC(C)C(Oc1ccc(C2CCCC2)c(-n2c(=O)c3cc4c5cc6c(=O)n(-c7cc(OC(C(C)C)C(C)C)ccc7C7CCCC7)c(=O)c6cc5c5cc6c(=O)n(-c7cc(OC(C(C)C)C(C)C)ccc7C7CCCC7)c(=O)c6cc5c4cc3c2=O)c1)C(C)C. The fourth-order valence-corrected chi connectivity index (χ4v) is 16.6. The van der Waals surface area contributed by atoms with E-state index in [2.05, 4.69) is 83.1 Å². The van der Waals surface area contributed by atoms with Crippen molar-refractivity contribution in [1.29, 1.82) is 0 Å². The number of rotatable bonds is 18. The average molecular weight is 1210 g/mol. The zero-order valence-electron chi connectivity index (χ0n) is 54.6. The Balaban J connectivity index is 1.10. The van der Waals surface area contributed by atoms with Gasteiger partial charge in [0.2, 0.25) is 0 Å². The van der Waals surface area contributed by atoms with Crippen LogP contribution in [-0.2, 0) is 0 Å². The minimum Gasteiger partial charge on any atom is -0.490 e. The predicted molar refractivity (Wildman–Crippen MR) is 367 cm³/mol. The molecule has 3 heterocycles. The van der Waals surface area contributed by atoms with Crippen molar-refractivity contribution in [2.45, 2.75) is 196 Å². The molecule has 0 saturated heterocycles. The van der Waals surface area contributed by atoms with E-state index in [4.69, 9.17) is 14.2 Å². The molecule has 0 N–H and O–H groups in total. The molecule has 0 bridgehead atoms. The van der Waals surface area contributed by atoms with Gasteiger partial charge in [-0.05, 0) is 195 Å². The Morgan fingerprint density at radius 3 is 0.644 bits per heavy atom. The van der Waals surface area contributed by atoms with Crippen molar-refractivity contribution in [3.63, 3.8) is 0 Å². The first-order chi connectivity index (χ1) is 43.1. The van der Waals surface area contributed by atoms with Crippen LogP contribution in [0.1, 0.15) is 195 Å². The van der Waals surface area contributed by atoms with E-state index in [1.807, 2.05) is 54.6 Å². The van der Waals surface area contributed by atoms with Gasteiger partial charge in [0.25, 0.3) is 33.4 Å². The molecule has 0 unspecified atom stereocenters. The highest BCUT2D eigenvalue weighted by Crippen LogP contribution is 2.44. The first-order valence-electron chi connectivity index (χ1n) is 33.7. The minimum atomic E-state index is -0.481. The van der Waals surface area contributed by atoms with Gasteiger partial charge in [-0.3, -0.25) is 28.8 Å². The summed E-state index contributed by atoms with van der Waals surface area (Å²) in [5.74, 6) is 3.39. The zero-order valence-corrected chi connectivity index (χ0v) is 54.6. The lowest BCUT2D eigenvalue weighted by Crippen LogP contribution is -2.29. The molecule has 0 atom stereocenters. The minimum absolute atomic E-state index is 0.114. The smallest absolute Gasteiger partial charge is 0.266 e. The largest absolute Gasteiger partial charge is 0.490 e. The summed E-state index contributed by atoms with van der Waals surface area (Å²) in [5.41, 5.74) is 1.40. The van der Waals surface area contributed by atoms with Crippen molar-refractivity contribution in [1.82, 2.24) is 13.7 Å². The highest BCUT2D eigenvalue weighted by molar-refractivity contribution is 6.30. The van der Waals surface area contributed by atoms with Gasteiger partial charge in [-0.15, -0.1) is 0 Å². The Bertz CT molecular complexity index is 4100. The molecule has 90 heavy (non-hydrogen) atoms. The van der Waals surface area contributed by atoms with E-state index in [1.54, 1.807) is 36.4 Å². The van der Waals surface area contributed by atoms with E-state index in [0.717, 1.165) is 93.7 Å². The Morgan fingerprint density at radius 1 is 0.278 bits per heavy atom. The van der Waals surface area contributed by atoms with Crippen molar-refractivity contribution in [3.8, 4) is 34.3 Å². The fraction of sp³-hybridized carbons (Fsp3) is 0.462. The molecule has 7 aromatic carbocycles. The lowest BCUT2D eigenvalue weighted by molar-refractivity contribution is 0.105. The Kier molecular flexibility index (Phi) is 16.1. The van der Waals surface area contributed by atoms with Crippen LogP contribution in [0.2, 0.25) is 0 Å². The van der Waals surface area contributed by atoms with Crippen LogP contribution in [0.3, 0.4) is 0 Å². The fourth-order valence-electron chi connectivity index (χ4n) is 16.6. The van der Waals surface area contributed by atoms with Gasteiger partial charge < -0.3 is 14.2 Å². The molecule has 3 aliphatic carbocycles. The number of benzene rings is 7. The van der Waals surface area contributed by atoms with Crippen LogP contribution in [0.25, 0.3) is 81.7 Å². The molecular formula is C78H87N3O9. The summed E-state index contributed by atoms with van der Waals surface area (Å²) >= 11 is 0. The third-order valence-electron chi connectivity index (χ3n) is 20.8. The van der Waals surface area contributed by atoms with E-state index in [1.165, 1.54) is 13.7 Å². The topological polar surface area (TPSA) is 145 Å². The second-order valence-corrected chi connectivity index (χ2v) is 29.0. The van der Waals surface area contributed by atoms with Gasteiger partial charge in [-0.1, -0.05) is 140 Å². The van der Waals surface area contributed by atoms with Crippen LogP contribution in [0.4, 0.5) is 0 Å². The molecule has 0 spiro atoms. The van der Waals surface area contributed by atoms with Crippen molar-refractivity contribution < 1.29 is 14.2 Å². The van der Waals surface area contributed by atoms with Gasteiger partial charge in [0.1, 0.15) is 35.6 Å². The maximum absolute atomic E-state index is 15.5. The number of hydrogen-bond donors (Lipinski definition) is 0. The molecule has 13 rings (SSSR count). The van der Waals surface area contributed by atoms with E-state index in [9.17, 15) is 0 Å². The zero-order chi connectivity index (χ0) is 63.5. The van der Waals surface area contributed by atoms with Crippen molar-refractivity contribution >= 4 is 64.6 Å². The summed E-state index contributed by atoms with van der Waals surface area (Å²) in [7, 11) is 0. The number of ether oxygens (including phenoxy) is 3. The summed E-state index contributed by atoms with van der Waals surface area (Å²) in [6.45, 7) is 25.6. The molecule has 3 saturated carbocycles. The first-order valence-corrected chi connectivity index (χ1v) is 33.7. The van der Waals surface area contributed by atoms with Gasteiger partial charge in [0.05, 0.1) is 49.4 Å². The lowest BCUT2D eigenvalue weighted by atomic mass is 9.91. The summed E-state index contributed by atoms with van der Waals surface area (Å²) in [5, 5.41) is 4.46. The maximum Gasteiger partial charge on any atom is 0.266 e. The van der Waals surface area contributed by atoms with Crippen molar-refractivity contribution in [2.75, 3.05) is 0 Å². The summed E-state index contributed by atoms with van der Waals surface area (Å²) in [4.78, 5) is 92.9. The summed E-state index contributed by atoms with van der Waals surface area (Å²) in [6.07, 6.45) is 11.5. The predicted octanol–water partition coefficient (Wildman–Crippen LogP) is 16.6. The van der Waals surface area contributed by atoms with Crippen LogP contribution >= 0.6 is 0 Å². The van der Waals surface area contributed by atoms with Crippen LogP contribution < -0.4 is 47.6 Å². The van der Waals surface area contributed by atoms with Crippen LogP contribution in [0, 0.1) is 35.5 Å². The Labute approximate surface area is 525 Å². The average Bonchev–Trinajstić information content (AvgIpc) is 1.45. The highest BCUT2D eigenvalue weighted by Gasteiger charge is 2.32. The quantitative estimate of drug-likeness (QED) is 0.0767. The molecule has 12 heteroatoms. The van der Waals surface area contributed by atoms with Crippen LogP contribution in [0.5, 0.6) is 17.2 Å². The molecule has 12 nitrogen and oxygen atoms in total. The molecule has 3 aromatic heterocycles. The van der Waals surface area contributed by atoms with Crippen molar-refractivity contribution in [2.24, 2.45) is 35.5 Å². The van der Waals surface area contributed by atoms with Crippen LogP contribution in [-0.4, -0.2) is 32.0 Å². The molecule has 0 radical (unpaired) electrons. The second-order valence-electron chi connectivity index (χ2n) is 29.0. The molecule has 0 amide bonds. The van der Waals surface area contributed by atoms with Gasteiger partial charge >= 0.3 is 0 Å². The van der Waals surface area contributed by atoms with Gasteiger partial charge in [-0.25, -0.2) is 13.7 Å². The summed E-state index contributed by atoms with van der Waals surface area (Å²) in [6, 6.07) is 28.2. The number of hydrogen-bond acceptors (Lipinski definition) is 9. The first kappa shape index (κ1) is 61.0. The van der Waals surface area contributed by atoms with Gasteiger partial charge in [0, 0.05) is 18.2 Å². The second kappa shape index (κ2) is 23.7. The lowest BCUT2D eigenvalue weighted by Gasteiger charge is -2.27. The summed E-state index contributed by atoms with van der Waals surface area (Å²) < 4.78 is 24.1. The van der Waals surface area contributed by atoms with Crippen molar-refractivity contribution in [3.05, 3.63) is 170 Å². The Morgan fingerprint density at radius 2 is 0.467 bits per heavy atom. The molecule has 3 aliphatic rings. The van der Waals surface area contributed by atoms with E-state index >= 15 is 28.8 Å². The molecule has 3 fully saturated rings. The molecule has 10 aromatic rings. The molecular weight excluding hydrogens is 1120 g/mol. The third kappa shape index (κ3) is 10.4. The molecule has 468 valence electrons. The third-order valence-corrected chi connectivity index (χ3v) is 20.8. The monoisotopic (exact) mass is 1210 g/mol. The molecule has 0 aliphatic heterocycles. The highest BCUT2D eigenvalue weighted by atomic mass is 16.5. The number of aromatic nitrogens is 3. The normalized spacial score (nSPS) is 15.8.